The van der Waals surface area contributed by atoms with E-state index < -0.39 is 5.91 Å². The molecule has 3 rings (SSSR count). The van der Waals surface area contributed by atoms with Crippen molar-refractivity contribution in [3.8, 4) is 16.9 Å². The fourth-order valence-electron chi connectivity index (χ4n) is 2.95. The first-order valence-corrected chi connectivity index (χ1v) is 10.6. The van der Waals surface area contributed by atoms with Gasteiger partial charge in [-0.2, -0.15) is 0 Å². The number of halogens is 1. The Hall–Kier alpha value is -3.42. The molecule has 0 bridgehead atoms. The molecule has 0 unspecified atom stereocenters. The van der Waals surface area contributed by atoms with E-state index in [1.165, 1.54) is 0 Å². The molecular weight excluding hydrogens is 446 g/mol. The molecule has 0 aliphatic rings. The van der Waals surface area contributed by atoms with E-state index in [1.54, 1.807) is 24.3 Å². The number of ether oxygens (including phenoxy) is 1. The van der Waals surface area contributed by atoms with E-state index in [1.807, 2.05) is 56.3 Å². The minimum atomic E-state index is -0.459. The number of hydrogen-bond acceptors (Lipinski definition) is 4. The Labute approximate surface area is 196 Å². The molecule has 164 valence electrons. The zero-order valence-electron chi connectivity index (χ0n) is 17.6. The van der Waals surface area contributed by atoms with Gasteiger partial charge >= 0.3 is 0 Å². The molecule has 0 radical (unpaired) electrons. The fourth-order valence-corrected chi connectivity index (χ4v) is 3.20. The highest BCUT2D eigenvalue weighted by molar-refractivity contribution is 7.80. The number of hydrazine groups is 1. The number of carbonyl (C=O) groups is 2. The van der Waals surface area contributed by atoms with Gasteiger partial charge in [-0.1, -0.05) is 54.1 Å². The van der Waals surface area contributed by atoms with Crippen molar-refractivity contribution in [1.29, 1.82) is 0 Å². The molecular formula is C24H22ClN3O3S. The van der Waals surface area contributed by atoms with E-state index in [0.29, 0.717) is 16.3 Å². The first-order valence-electron chi connectivity index (χ1n) is 9.78. The molecule has 0 aliphatic carbocycles. The van der Waals surface area contributed by atoms with Crippen molar-refractivity contribution in [1.82, 2.24) is 16.2 Å². The van der Waals surface area contributed by atoms with Gasteiger partial charge in [0.1, 0.15) is 5.75 Å². The molecule has 6 nitrogen and oxygen atoms in total. The normalized spacial score (nSPS) is 10.2. The van der Waals surface area contributed by atoms with Gasteiger partial charge in [0, 0.05) is 10.6 Å². The average Bonchev–Trinajstić information content (AvgIpc) is 2.80. The molecule has 0 spiro atoms. The standard InChI is InChI=1S/C24H22ClN3O3S/c1-15-12-20(13-16(2)22(15)25)31-14-21(29)27-28-24(32)26-23(30)19-10-8-18(9-11-19)17-6-4-3-5-7-17/h3-13H,14H2,1-2H3,(H,27,29)(H2,26,28,30,32). The van der Waals surface area contributed by atoms with Crippen LogP contribution in [0.1, 0.15) is 21.5 Å². The smallest absolute Gasteiger partial charge is 0.276 e. The number of amides is 2. The second-order valence-corrected chi connectivity index (χ2v) is 7.85. The molecule has 3 N–H and O–H groups in total. The monoisotopic (exact) mass is 467 g/mol. The van der Waals surface area contributed by atoms with Crippen LogP contribution < -0.4 is 20.9 Å². The minimum absolute atomic E-state index is 0.0336. The SMILES string of the molecule is Cc1cc(OCC(=O)NNC(=S)NC(=O)c2ccc(-c3ccccc3)cc2)cc(C)c1Cl. The van der Waals surface area contributed by atoms with Crippen LogP contribution in [-0.4, -0.2) is 23.5 Å². The van der Waals surface area contributed by atoms with Crippen molar-refractivity contribution >= 4 is 40.7 Å². The summed E-state index contributed by atoms with van der Waals surface area (Å²) in [6, 6.07) is 20.5. The molecule has 8 heteroatoms. The number of carbonyl (C=O) groups excluding carboxylic acids is 2. The third-order valence-electron chi connectivity index (χ3n) is 4.58. The summed E-state index contributed by atoms with van der Waals surface area (Å²) in [6.07, 6.45) is 0. The van der Waals surface area contributed by atoms with Crippen LogP contribution in [0, 0.1) is 13.8 Å². The Balaban J connectivity index is 1.45. The number of thiocarbonyl (C=S) groups is 1. The molecule has 0 fully saturated rings. The largest absolute Gasteiger partial charge is 0.484 e. The maximum absolute atomic E-state index is 12.4. The molecule has 3 aromatic rings. The van der Waals surface area contributed by atoms with Crippen LogP contribution >= 0.6 is 23.8 Å². The van der Waals surface area contributed by atoms with Crippen molar-refractivity contribution < 1.29 is 14.3 Å². The first kappa shape index (κ1) is 23.2. The summed E-state index contributed by atoms with van der Waals surface area (Å²) >= 11 is 11.2. The van der Waals surface area contributed by atoms with Gasteiger partial charge in [-0.3, -0.25) is 25.8 Å². The van der Waals surface area contributed by atoms with Gasteiger partial charge in [-0.05, 0) is 72.6 Å². The van der Waals surface area contributed by atoms with Gasteiger partial charge in [0.15, 0.2) is 11.7 Å². The van der Waals surface area contributed by atoms with Gasteiger partial charge in [0.05, 0.1) is 0 Å². The third kappa shape index (κ3) is 6.29. The van der Waals surface area contributed by atoms with Crippen LogP contribution in [0.2, 0.25) is 5.02 Å². The summed E-state index contributed by atoms with van der Waals surface area (Å²) in [5, 5.41) is 3.15. The lowest BCUT2D eigenvalue weighted by Crippen LogP contribution is -2.49. The second kappa shape index (κ2) is 10.7. The summed E-state index contributed by atoms with van der Waals surface area (Å²) in [6.45, 7) is 3.49. The van der Waals surface area contributed by atoms with E-state index in [2.05, 4.69) is 16.2 Å². The molecule has 0 saturated heterocycles. The van der Waals surface area contributed by atoms with Gasteiger partial charge in [0.25, 0.3) is 11.8 Å². The molecule has 0 aromatic heterocycles. The zero-order valence-corrected chi connectivity index (χ0v) is 19.1. The average molecular weight is 468 g/mol. The Bertz CT molecular complexity index is 1110. The van der Waals surface area contributed by atoms with Gasteiger partial charge in [-0.15, -0.1) is 0 Å². The maximum atomic E-state index is 12.4. The predicted molar refractivity (Wildman–Crippen MR) is 130 cm³/mol. The van der Waals surface area contributed by atoms with Crippen LogP contribution in [0.3, 0.4) is 0 Å². The quantitative estimate of drug-likeness (QED) is 0.384. The van der Waals surface area contributed by atoms with Crippen LogP contribution in [0.15, 0.2) is 66.7 Å². The second-order valence-electron chi connectivity index (χ2n) is 7.06. The van der Waals surface area contributed by atoms with E-state index in [9.17, 15) is 9.59 Å². The highest BCUT2D eigenvalue weighted by atomic mass is 35.5. The summed E-state index contributed by atoms with van der Waals surface area (Å²) in [5.74, 6) is -0.312. The Morgan fingerprint density at radius 3 is 2.12 bits per heavy atom. The van der Waals surface area contributed by atoms with Crippen LogP contribution in [0.4, 0.5) is 0 Å². The molecule has 0 atom stereocenters. The van der Waals surface area contributed by atoms with E-state index in [0.717, 1.165) is 22.3 Å². The summed E-state index contributed by atoms with van der Waals surface area (Å²) in [4.78, 5) is 24.4. The van der Waals surface area contributed by atoms with Crippen molar-refractivity contribution in [2.75, 3.05) is 6.61 Å². The van der Waals surface area contributed by atoms with Crippen molar-refractivity contribution in [3.05, 3.63) is 88.4 Å². The third-order valence-corrected chi connectivity index (χ3v) is 5.38. The van der Waals surface area contributed by atoms with E-state index in [4.69, 9.17) is 28.6 Å². The van der Waals surface area contributed by atoms with Gasteiger partial charge in [-0.25, -0.2) is 0 Å². The number of rotatable bonds is 5. The number of hydrogen-bond donors (Lipinski definition) is 3. The molecule has 32 heavy (non-hydrogen) atoms. The van der Waals surface area contributed by atoms with E-state index in [-0.39, 0.29) is 17.6 Å². The zero-order chi connectivity index (χ0) is 23.1. The predicted octanol–water partition coefficient (Wildman–Crippen LogP) is 4.34. The lowest BCUT2D eigenvalue weighted by Gasteiger charge is -2.12. The lowest BCUT2D eigenvalue weighted by atomic mass is 10.0. The van der Waals surface area contributed by atoms with Gasteiger partial charge < -0.3 is 4.74 Å². The number of nitrogens with one attached hydrogen (secondary N) is 3. The number of benzene rings is 3. The summed E-state index contributed by atoms with van der Waals surface area (Å²) in [5.41, 5.74) is 9.10. The maximum Gasteiger partial charge on any atom is 0.276 e. The molecule has 0 aliphatic heterocycles. The highest BCUT2D eigenvalue weighted by Crippen LogP contribution is 2.25. The van der Waals surface area contributed by atoms with Crippen molar-refractivity contribution in [3.63, 3.8) is 0 Å². The first-order chi connectivity index (χ1) is 15.3. The van der Waals surface area contributed by atoms with E-state index >= 15 is 0 Å². The Morgan fingerprint density at radius 2 is 1.50 bits per heavy atom. The van der Waals surface area contributed by atoms with Crippen molar-refractivity contribution in [2.24, 2.45) is 0 Å². The lowest BCUT2D eigenvalue weighted by molar-refractivity contribution is -0.123. The molecule has 0 heterocycles. The topological polar surface area (TPSA) is 79.5 Å². The highest BCUT2D eigenvalue weighted by Gasteiger charge is 2.10. The van der Waals surface area contributed by atoms with Crippen LogP contribution in [0.25, 0.3) is 11.1 Å². The summed E-state index contributed by atoms with van der Waals surface area (Å²) < 4.78 is 5.47. The molecule has 0 saturated carbocycles. The Kier molecular flexibility index (Phi) is 7.81. The van der Waals surface area contributed by atoms with Crippen molar-refractivity contribution in [2.45, 2.75) is 13.8 Å². The van der Waals surface area contributed by atoms with Crippen LogP contribution in [0.5, 0.6) is 5.75 Å². The van der Waals surface area contributed by atoms with Gasteiger partial charge in [0.2, 0.25) is 0 Å². The summed E-state index contributed by atoms with van der Waals surface area (Å²) in [7, 11) is 0. The van der Waals surface area contributed by atoms with Crippen LogP contribution in [-0.2, 0) is 4.79 Å². The fraction of sp³-hybridized carbons (Fsp3) is 0.125. The molecule has 3 aromatic carbocycles. The molecule has 2 amide bonds. The Morgan fingerprint density at radius 1 is 0.906 bits per heavy atom. The number of aryl methyl sites for hydroxylation is 2. The minimum Gasteiger partial charge on any atom is -0.484 e.